The summed E-state index contributed by atoms with van der Waals surface area (Å²) in [7, 11) is 0. The van der Waals surface area contributed by atoms with E-state index in [0.29, 0.717) is 29.1 Å². The SMILES string of the molecule is Cc1sc2c(c1C)C(c1ccc(C#CC3CC4(CCN(CCOc5ccc(C(=O)c6c(-c7ccc(O)cc7)sc7cc(O)ccc67)cc5)CC4)C3)cc1)=N[C@@H](C)c1nnc(C)n1-2. The first kappa shape index (κ1) is 40.0. The number of piperidine rings is 1. The molecule has 2 aliphatic heterocycles. The van der Waals surface area contributed by atoms with Crippen LogP contribution in [0.2, 0.25) is 0 Å². The number of benzene rings is 4. The number of hydrogen-bond donors (Lipinski definition) is 2. The van der Waals surface area contributed by atoms with Crippen molar-refractivity contribution in [2.24, 2.45) is 16.3 Å². The second-order valence-corrected chi connectivity index (χ2v) is 19.3. The molecule has 4 aromatic carbocycles. The predicted octanol–water partition coefficient (Wildman–Crippen LogP) is 10.6. The monoisotopic (exact) mass is 857 g/mol. The molecule has 312 valence electrons. The first-order chi connectivity index (χ1) is 30.0. The highest BCUT2D eigenvalue weighted by molar-refractivity contribution is 7.22. The summed E-state index contributed by atoms with van der Waals surface area (Å²) in [5, 5.41) is 30.8. The van der Waals surface area contributed by atoms with Crippen LogP contribution in [0.1, 0.15) is 93.4 Å². The Hall–Kier alpha value is -6.06. The highest BCUT2D eigenvalue weighted by atomic mass is 32.1. The minimum atomic E-state index is -0.105. The van der Waals surface area contributed by atoms with E-state index < -0.39 is 0 Å². The second kappa shape index (κ2) is 16.0. The zero-order valence-corrected chi connectivity index (χ0v) is 36.9. The van der Waals surface area contributed by atoms with Gasteiger partial charge in [-0.2, -0.15) is 0 Å². The van der Waals surface area contributed by atoms with E-state index in [1.807, 2.05) is 43.3 Å². The molecule has 2 N–H and O–H groups in total. The number of nitrogens with zero attached hydrogens (tertiary/aromatic N) is 5. The lowest BCUT2D eigenvalue weighted by atomic mass is 9.58. The molecule has 62 heavy (non-hydrogen) atoms. The third-order valence-corrected chi connectivity index (χ3v) is 15.4. The van der Waals surface area contributed by atoms with E-state index in [1.165, 1.54) is 53.0 Å². The fourth-order valence-electron chi connectivity index (χ4n) is 9.39. The molecule has 0 amide bonds. The zero-order valence-electron chi connectivity index (χ0n) is 35.2. The van der Waals surface area contributed by atoms with Crippen LogP contribution in [0.3, 0.4) is 0 Å². The van der Waals surface area contributed by atoms with Crippen LogP contribution < -0.4 is 4.74 Å². The molecule has 2 fully saturated rings. The van der Waals surface area contributed by atoms with Crippen LogP contribution in [-0.2, 0) is 0 Å². The molecule has 9 nitrogen and oxygen atoms in total. The van der Waals surface area contributed by atoms with Gasteiger partial charge in [0, 0.05) is 60.1 Å². The Morgan fingerprint density at radius 1 is 0.871 bits per heavy atom. The van der Waals surface area contributed by atoms with Gasteiger partial charge >= 0.3 is 0 Å². The van der Waals surface area contributed by atoms with Crippen molar-refractivity contribution in [1.29, 1.82) is 0 Å². The maximum Gasteiger partial charge on any atom is 0.195 e. The molecule has 1 saturated heterocycles. The van der Waals surface area contributed by atoms with E-state index >= 15 is 0 Å². The highest BCUT2D eigenvalue weighted by Gasteiger charge is 2.45. The van der Waals surface area contributed by atoms with Gasteiger partial charge < -0.3 is 14.9 Å². The number of ether oxygens (including phenoxy) is 1. The standard InChI is InChI=1S/C51H47N5O4S2/c1-30-32(3)61-50-44(30)46(52-31(2)49-54-53-33(4)56(49)50)36-9-7-34(8-10-36)5-6-35-28-51(29-35)21-23-55(24-22-51)25-26-60-41-18-13-37(14-19-41)47(59)45-42-20-17-40(58)27-43(42)62-48(45)38-11-15-39(57)16-12-38/h7-20,27,31,35,57-58H,21-26,28-29H2,1-4H3/t31-/m0/s1. The van der Waals surface area contributed by atoms with Crippen molar-refractivity contribution >= 4 is 44.3 Å². The normalized spacial score (nSPS) is 17.1. The fraction of sp³-hybridized carbons (Fsp3) is 0.294. The lowest BCUT2D eigenvalue weighted by molar-refractivity contribution is 0.00471. The average Bonchev–Trinajstić information content (AvgIpc) is 3.91. The smallest absolute Gasteiger partial charge is 0.195 e. The fourth-order valence-corrected chi connectivity index (χ4v) is 11.8. The van der Waals surface area contributed by atoms with Gasteiger partial charge in [-0.15, -0.1) is 32.9 Å². The Morgan fingerprint density at radius 2 is 1.58 bits per heavy atom. The van der Waals surface area contributed by atoms with Gasteiger partial charge in [-0.1, -0.05) is 24.0 Å². The Bertz CT molecular complexity index is 2930. The number of carbonyl (C=O) groups is 1. The number of carbonyl (C=O) groups excluding carboxylic acids is 1. The lowest BCUT2D eigenvalue weighted by Gasteiger charge is -2.51. The van der Waals surface area contributed by atoms with Gasteiger partial charge in [0.2, 0.25) is 0 Å². The van der Waals surface area contributed by atoms with Crippen LogP contribution in [0.4, 0.5) is 0 Å². The van der Waals surface area contributed by atoms with Gasteiger partial charge in [-0.25, -0.2) is 0 Å². The third kappa shape index (κ3) is 7.40. The molecule has 1 spiro atoms. The minimum Gasteiger partial charge on any atom is -0.508 e. The lowest BCUT2D eigenvalue weighted by Crippen LogP contribution is -2.47. The van der Waals surface area contributed by atoms with Crippen molar-refractivity contribution in [3.63, 3.8) is 0 Å². The average molecular weight is 858 g/mol. The van der Waals surface area contributed by atoms with Gasteiger partial charge in [0.1, 0.15) is 40.7 Å². The van der Waals surface area contributed by atoms with Crippen LogP contribution in [-0.4, -0.2) is 67.6 Å². The van der Waals surface area contributed by atoms with Gasteiger partial charge in [0.15, 0.2) is 11.6 Å². The van der Waals surface area contributed by atoms with Crippen molar-refractivity contribution in [3.05, 3.63) is 141 Å². The van der Waals surface area contributed by atoms with Gasteiger partial charge in [-0.3, -0.25) is 19.3 Å². The molecular weight excluding hydrogens is 811 g/mol. The maximum atomic E-state index is 14.0. The molecule has 3 aliphatic rings. The van der Waals surface area contributed by atoms with Crippen molar-refractivity contribution in [1.82, 2.24) is 19.7 Å². The molecule has 10 rings (SSSR count). The largest absolute Gasteiger partial charge is 0.508 e. The third-order valence-electron chi connectivity index (χ3n) is 13.0. The molecule has 0 radical (unpaired) electrons. The Morgan fingerprint density at radius 3 is 2.32 bits per heavy atom. The van der Waals surface area contributed by atoms with Crippen LogP contribution in [0, 0.1) is 43.9 Å². The number of aryl methyl sites for hydroxylation is 2. The van der Waals surface area contributed by atoms with E-state index in [0.717, 1.165) is 79.4 Å². The molecule has 0 bridgehead atoms. The van der Waals surface area contributed by atoms with E-state index in [2.05, 4.69) is 76.5 Å². The van der Waals surface area contributed by atoms with Crippen molar-refractivity contribution in [2.45, 2.75) is 59.4 Å². The molecule has 0 unspecified atom stereocenters. The first-order valence-corrected chi connectivity index (χ1v) is 22.9. The number of phenols is 2. The summed E-state index contributed by atoms with van der Waals surface area (Å²) >= 11 is 3.24. The van der Waals surface area contributed by atoms with Crippen LogP contribution in [0.25, 0.3) is 25.5 Å². The number of likely N-dealkylation sites (tertiary alicyclic amines) is 1. The van der Waals surface area contributed by atoms with E-state index in [4.69, 9.17) is 9.73 Å². The Labute approximate surface area is 369 Å². The predicted molar refractivity (Wildman–Crippen MR) is 248 cm³/mol. The second-order valence-electron chi connectivity index (χ2n) is 17.1. The molecule has 1 saturated carbocycles. The number of aromatic nitrogens is 3. The summed E-state index contributed by atoms with van der Waals surface area (Å²) in [6.07, 6.45) is 4.73. The van der Waals surface area contributed by atoms with Crippen molar-refractivity contribution < 1.29 is 19.7 Å². The Kier molecular flexibility index (Phi) is 10.3. The molecule has 1 aliphatic carbocycles. The molecule has 7 aromatic rings. The molecule has 3 aromatic heterocycles. The molecular formula is C51H47N5O4S2. The zero-order chi connectivity index (χ0) is 42.7. The van der Waals surface area contributed by atoms with Crippen LogP contribution >= 0.6 is 22.7 Å². The minimum absolute atomic E-state index is 0.0982. The topological polar surface area (TPSA) is 113 Å². The number of fused-ring (bicyclic) bond motifs is 4. The molecule has 5 heterocycles. The maximum absolute atomic E-state index is 14.0. The van der Waals surface area contributed by atoms with Gasteiger partial charge in [-0.05, 0) is 162 Å². The summed E-state index contributed by atoms with van der Waals surface area (Å²) < 4.78 is 9.17. The molecule has 1 atom stereocenters. The summed E-state index contributed by atoms with van der Waals surface area (Å²) in [5.74, 6) is 10.3. The van der Waals surface area contributed by atoms with Gasteiger partial charge in [0.25, 0.3) is 0 Å². The van der Waals surface area contributed by atoms with Crippen LogP contribution in [0.15, 0.2) is 96.0 Å². The van der Waals surface area contributed by atoms with E-state index in [1.54, 1.807) is 41.7 Å². The van der Waals surface area contributed by atoms with Gasteiger partial charge in [0.05, 0.1) is 5.71 Å². The molecule has 11 heteroatoms. The van der Waals surface area contributed by atoms with Crippen molar-refractivity contribution in [2.75, 3.05) is 26.2 Å². The number of aliphatic imine (C=N–C) groups is 1. The number of rotatable bonds is 8. The summed E-state index contributed by atoms with van der Waals surface area (Å²) in [5.41, 5.74) is 7.97. The number of ketones is 1. The summed E-state index contributed by atoms with van der Waals surface area (Å²) in [6, 6.07) is 27.8. The number of thiophene rings is 2. The number of phenolic OH excluding ortho intramolecular Hbond substituents is 2. The van der Waals surface area contributed by atoms with Crippen molar-refractivity contribution in [3.8, 4) is 44.5 Å². The first-order valence-electron chi connectivity index (χ1n) is 21.3. The summed E-state index contributed by atoms with van der Waals surface area (Å²) in [4.78, 5) is 23.8. The van der Waals surface area contributed by atoms with E-state index in [9.17, 15) is 15.0 Å². The quantitative estimate of drug-likeness (QED) is 0.116. The highest BCUT2D eigenvalue weighted by Crippen LogP contribution is 2.52. The Balaban J connectivity index is 0.712. The number of hydrogen-bond acceptors (Lipinski definition) is 10. The summed E-state index contributed by atoms with van der Waals surface area (Å²) in [6.45, 7) is 12.0. The van der Waals surface area contributed by atoms with E-state index in [-0.39, 0.29) is 23.3 Å². The number of aromatic hydroxyl groups is 2. The van der Waals surface area contributed by atoms with Crippen LogP contribution in [0.5, 0.6) is 17.2 Å².